The number of nitrogens with zero attached hydrogens (tertiary/aromatic N) is 2. The molecule has 1 aliphatic heterocycles. The fraction of sp³-hybridized carbons (Fsp3) is 0.417. The van der Waals surface area contributed by atoms with Gasteiger partial charge in [0.1, 0.15) is 11.5 Å². The van der Waals surface area contributed by atoms with Crippen molar-refractivity contribution in [2.24, 2.45) is 0 Å². The molecule has 156 valence electrons. The highest BCUT2D eigenvalue weighted by Crippen LogP contribution is 2.25. The van der Waals surface area contributed by atoms with Crippen LogP contribution in [-0.4, -0.2) is 68.0 Å². The minimum atomic E-state index is 0.205. The van der Waals surface area contributed by atoms with Crippen molar-refractivity contribution < 1.29 is 14.6 Å². The maximum atomic E-state index is 9.58. The van der Waals surface area contributed by atoms with Crippen LogP contribution >= 0.6 is 0 Å². The molecule has 1 heterocycles. The molecule has 29 heavy (non-hydrogen) atoms. The van der Waals surface area contributed by atoms with Crippen molar-refractivity contribution in [1.29, 1.82) is 0 Å². The molecule has 0 bridgehead atoms. The van der Waals surface area contributed by atoms with E-state index >= 15 is 0 Å². The minimum absolute atomic E-state index is 0.205. The van der Waals surface area contributed by atoms with Gasteiger partial charge in [0.25, 0.3) is 0 Å². The lowest BCUT2D eigenvalue weighted by Gasteiger charge is -2.41. The monoisotopic (exact) mass is 396 g/mol. The van der Waals surface area contributed by atoms with Gasteiger partial charge in [-0.05, 0) is 29.7 Å². The van der Waals surface area contributed by atoms with Gasteiger partial charge in [-0.3, -0.25) is 9.80 Å². The van der Waals surface area contributed by atoms with Crippen LogP contribution in [0.4, 0.5) is 0 Å². The van der Waals surface area contributed by atoms with Crippen molar-refractivity contribution in [3.63, 3.8) is 0 Å². The Morgan fingerprint density at radius 1 is 1.03 bits per heavy atom. The van der Waals surface area contributed by atoms with E-state index in [9.17, 15) is 5.11 Å². The van der Waals surface area contributed by atoms with E-state index in [2.05, 4.69) is 58.4 Å². The second-order valence-corrected chi connectivity index (χ2v) is 7.43. The van der Waals surface area contributed by atoms with Crippen LogP contribution in [0, 0.1) is 0 Å². The number of rotatable bonds is 9. The maximum absolute atomic E-state index is 9.58. The van der Waals surface area contributed by atoms with Crippen LogP contribution in [0.5, 0.6) is 11.5 Å². The number of piperazine rings is 1. The molecule has 0 saturated carbocycles. The van der Waals surface area contributed by atoms with E-state index in [1.54, 1.807) is 14.2 Å². The molecule has 5 nitrogen and oxygen atoms in total. The Balaban J connectivity index is 1.61. The van der Waals surface area contributed by atoms with E-state index in [4.69, 9.17) is 9.47 Å². The van der Waals surface area contributed by atoms with Gasteiger partial charge in [-0.15, -0.1) is 0 Å². The standard InChI is InChI=1S/C24H32N2O3/c1-28-23-15-21(16-24(17-23)29-2)18-26-13-12-25(19-22(26)10-14-27)11-6-9-20-7-4-3-5-8-20/h3-9,15-17,22,27H,10-14,18-19H2,1-2H3/b9-6+. The van der Waals surface area contributed by atoms with E-state index in [0.29, 0.717) is 6.04 Å². The van der Waals surface area contributed by atoms with Crippen molar-refractivity contribution >= 4 is 6.08 Å². The molecule has 1 N–H and O–H groups in total. The van der Waals surface area contributed by atoms with Gasteiger partial charge in [0.15, 0.2) is 0 Å². The first-order valence-corrected chi connectivity index (χ1v) is 10.2. The first-order chi connectivity index (χ1) is 14.2. The SMILES string of the molecule is COc1cc(CN2CCN(C/C=C/c3ccccc3)CC2CCO)cc(OC)c1. The molecule has 1 aliphatic rings. The van der Waals surface area contributed by atoms with E-state index in [-0.39, 0.29) is 6.61 Å². The van der Waals surface area contributed by atoms with Crippen molar-refractivity contribution in [3.05, 3.63) is 65.7 Å². The highest BCUT2D eigenvalue weighted by molar-refractivity contribution is 5.48. The number of aliphatic hydroxyl groups is 1. The third-order valence-corrected chi connectivity index (χ3v) is 5.42. The largest absolute Gasteiger partial charge is 0.497 e. The summed E-state index contributed by atoms with van der Waals surface area (Å²) in [6.45, 7) is 4.91. The first-order valence-electron chi connectivity index (χ1n) is 10.2. The molecule has 3 rings (SSSR count). The molecule has 0 spiro atoms. The highest BCUT2D eigenvalue weighted by Gasteiger charge is 2.26. The zero-order valence-electron chi connectivity index (χ0n) is 17.5. The summed E-state index contributed by atoms with van der Waals surface area (Å²) in [5, 5.41) is 9.58. The number of hydrogen-bond donors (Lipinski definition) is 1. The van der Waals surface area contributed by atoms with Gasteiger partial charge in [-0.1, -0.05) is 42.5 Å². The fourth-order valence-electron chi connectivity index (χ4n) is 3.85. The molecule has 1 fully saturated rings. The van der Waals surface area contributed by atoms with E-state index in [0.717, 1.165) is 50.6 Å². The second kappa shape index (κ2) is 11.0. The summed E-state index contributed by atoms with van der Waals surface area (Å²) >= 11 is 0. The Morgan fingerprint density at radius 2 is 1.76 bits per heavy atom. The molecule has 2 aromatic rings. The smallest absolute Gasteiger partial charge is 0.122 e. The van der Waals surface area contributed by atoms with Gasteiger partial charge in [0, 0.05) is 51.4 Å². The van der Waals surface area contributed by atoms with Crippen molar-refractivity contribution in [2.45, 2.75) is 19.0 Å². The Labute approximate surface area is 174 Å². The lowest BCUT2D eigenvalue weighted by Crippen LogP contribution is -2.52. The van der Waals surface area contributed by atoms with Crippen LogP contribution < -0.4 is 9.47 Å². The van der Waals surface area contributed by atoms with Gasteiger partial charge in [0.2, 0.25) is 0 Å². The van der Waals surface area contributed by atoms with E-state index in [1.165, 1.54) is 11.1 Å². The van der Waals surface area contributed by atoms with Gasteiger partial charge in [-0.25, -0.2) is 0 Å². The van der Waals surface area contributed by atoms with Gasteiger partial charge >= 0.3 is 0 Å². The molecule has 1 saturated heterocycles. The predicted octanol–water partition coefficient (Wildman–Crippen LogP) is 3.29. The average Bonchev–Trinajstić information content (AvgIpc) is 2.76. The van der Waals surface area contributed by atoms with Crippen LogP contribution in [-0.2, 0) is 6.54 Å². The number of hydrogen-bond acceptors (Lipinski definition) is 5. The fourth-order valence-corrected chi connectivity index (χ4v) is 3.85. The van der Waals surface area contributed by atoms with E-state index in [1.807, 2.05) is 12.1 Å². The van der Waals surface area contributed by atoms with Gasteiger partial charge in [0.05, 0.1) is 14.2 Å². The zero-order chi connectivity index (χ0) is 20.5. The number of ether oxygens (including phenoxy) is 2. The molecular weight excluding hydrogens is 364 g/mol. The lowest BCUT2D eigenvalue weighted by atomic mass is 10.1. The van der Waals surface area contributed by atoms with Crippen molar-refractivity contribution in [1.82, 2.24) is 9.80 Å². The summed E-state index contributed by atoms with van der Waals surface area (Å²) < 4.78 is 10.8. The first kappa shape index (κ1) is 21.4. The minimum Gasteiger partial charge on any atom is -0.497 e. The highest BCUT2D eigenvalue weighted by atomic mass is 16.5. The molecule has 0 aromatic heterocycles. The molecule has 0 amide bonds. The van der Waals surface area contributed by atoms with Crippen molar-refractivity contribution in [3.8, 4) is 11.5 Å². The van der Waals surface area contributed by atoms with Gasteiger partial charge in [-0.2, -0.15) is 0 Å². The zero-order valence-corrected chi connectivity index (χ0v) is 17.5. The maximum Gasteiger partial charge on any atom is 0.122 e. The summed E-state index contributed by atoms with van der Waals surface area (Å²) in [4.78, 5) is 4.92. The van der Waals surface area contributed by atoms with Crippen LogP contribution in [0.25, 0.3) is 6.08 Å². The molecular formula is C24H32N2O3. The summed E-state index contributed by atoms with van der Waals surface area (Å²) in [6.07, 6.45) is 5.18. The normalized spacial score (nSPS) is 18.2. The Morgan fingerprint density at radius 3 is 2.41 bits per heavy atom. The Hall–Kier alpha value is -2.34. The predicted molar refractivity (Wildman–Crippen MR) is 117 cm³/mol. The average molecular weight is 397 g/mol. The number of aliphatic hydroxyl groups excluding tert-OH is 1. The third-order valence-electron chi connectivity index (χ3n) is 5.42. The lowest BCUT2D eigenvalue weighted by molar-refractivity contribution is 0.0596. The van der Waals surface area contributed by atoms with E-state index < -0.39 is 0 Å². The Bertz CT molecular complexity index is 757. The molecule has 2 aromatic carbocycles. The molecule has 1 atom stereocenters. The molecule has 1 unspecified atom stereocenters. The second-order valence-electron chi connectivity index (χ2n) is 7.43. The number of benzene rings is 2. The van der Waals surface area contributed by atoms with Crippen LogP contribution in [0.1, 0.15) is 17.5 Å². The molecule has 0 radical (unpaired) electrons. The number of methoxy groups -OCH3 is 2. The van der Waals surface area contributed by atoms with Gasteiger partial charge < -0.3 is 14.6 Å². The summed E-state index contributed by atoms with van der Waals surface area (Å²) in [6, 6.07) is 16.7. The molecule has 0 aliphatic carbocycles. The quantitative estimate of drug-likeness (QED) is 0.705. The van der Waals surface area contributed by atoms with Crippen LogP contribution in [0.15, 0.2) is 54.6 Å². The topological polar surface area (TPSA) is 45.2 Å². The summed E-state index contributed by atoms with van der Waals surface area (Å²) in [7, 11) is 3.35. The summed E-state index contributed by atoms with van der Waals surface area (Å²) in [5.74, 6) is 1.62. The van der Waals surface area contributed by atoms with Crippen LogP contribution in [0.2, 0.25) is 0 Å². The van der Waals surface area contributed by atoms with Crippen molar-refractivity contribution in [2.75, 3.05) is 47.0 Å². The van der Waals surface area contributed by atoms with Crippen LogP contribution in [0.3, 0.4) is 0 Å². The summed E-state index contributed by atoms with van der Waals surface area (Å²) in [5.41, 5.74) is 2.39. The molecule has 5 heteroatoms. The Kier molecular flexibility index (Phi) is 8.11. The third kappa shape index (κ3) is 6.32.